The molecule has 0 amide bonds. The van der Waals surface area contributed by atoms with Crippen molar-refractivity contribution in [2.75, 3.05) is 0 Å². The van der Waals surface area contributed by atoms with Gasteiger partial charge in [0, 0.05) is 44.9 Å². The Morgan fingerprint density at radius 2 is 1.67 bits per heavy atom. The predicted molar refractivity (Wildman–Crippen MR) is 176 cm³/mol. The number of fused-ring (bicyclic) bond motifs is 10. The highest BCUT2D eigenvalue weighted by atomic mass is 16.5. The van der Waals surface area contributed by atoms with Crippen molar-refractivity contribution in [1.29, 1.82) is 10.5 Å². The van der Waals surface area contributed by atoms with Crippen LogP contribution in [0.4, 0.5) is 0 Å². The van der Waals surface area contributed by atoms with E-state index in [0.717, 1.165) is 44.4 Å². The number of rotatable bonds is 2. The van der Waals surface area contributed by atoms with Crippen molar-refractivity contribution in [2.45, 2.75) is 31.3 Å². The van der Waals surface area contributed by atoms with E-state index in [1.54, 1.807) is 0 Å². The fourth-order valence-electron chi connectivity index (χ4n) is 7.81. The Labute approximate surface area is 261 Å². The van der Waals surface area contributed by atoms with Gasteiger partial charge in [0.25, 0.3) is 0 Å². The lowest BCUT2D eigenvalue weighted by molar-refractivity contribution is 0.270. The molecule has 2 atom stereocenters. The standard InChI is InChI=1S/C41H25N3O/c1-41(2)32-11-5-3-10-29(32)39-33(41)17-16-28-31-21-25(15-19-37(31)45-40(28)39)38-26(23-43)8-7-13-36(38)44-34-12-6-4-9-27(34)30-20-24(22-42)14-18-35(30)44/h3-6,9-21,31,37H,1-2H3. The smallest absolute Gasteiger partial charge is 0.132 e. The molecule has 0 radical (unpaired) electrons. The number of aromatic nitrogens is 1. The van der Waals surface area contributed by atoms with E-state index in [1.807, 2.05) is 36.4 Å². The van der Waals surface area contributed by atoms with Gasteiger partial charge in [-0.2, -0.15) is 10.5 Å². The zero-order valence-corrected chi connectivity index (χ0v) is 24.7. The van der Waals surface area contributed by atoms with Gasteiger partial charge in [-0.05, 0) is 52.6 Å². The predicted octanol–water partition coefficient (Wildman–Crippen LogP) is 8.93. The van der Waals surface area contributed by atoms with E-state index in [0.29, 0.717) is 11.1 Å². The van der Waals surface area contributed by atoms with Gasteiger partial charge in [-0.1, -0.05) is 92.7 Å². The van der Waals surface area contributed by atoms with Gasteiger partial charge < -0.3 is 9.30 Å². The summed E-state index contributed by atoms with van der Waals surface area (Å²) >= 11 is 0. The van der Waals surface area contributed by atoms with E-state index in [4.69, 9.17) is 4.74 Å². The number of ether oxygens (including phenoxy) is 1. The molecule has 1 aromatic heterocycles. The fourth-order valence-corrected chi connectivity index (χ4v) is 7.81. The molecule has 0 bridgehead atoms. The Kier molecular flexibility index (Phi) is 5.09. The fraction of sp³-hybridized carbons (Fsp3) is 0.122. The second kappa shape index (κ2) is 9.00. The maximum Gasteiger partial charge on any atom is 0.132 e. The van der Waals surface area contributed by atoms with Crippen molar-refractivity contribution >= 4 is 27.4 Å². The Morgan fingerprint density at radius 1 is 0.844 bits per heavy atom. The second-order valence-corrected chi connectivity index (χ2v) is 12.5. The first kappa shape index (κ1) is 25.5. The lowest BCUT2D eigenvalue weighted by Crippen LogP contribution is -2.17. The molecular weight excluding hydrogens is 550 g/mol. The zero-order valence-electron chi connectivity index (χ0n) is 24.7. The quantitative estimate of drug-likeness (QED) is 0.207. The van der Waals surface area contributed by atoms with Crippen LogP contribution in [0.15, 0.2) is 103 Å². The van der Waals surface area contributed by atoms with Crippen LogP contribution in [0.2, 0.25) is 0 Å². The summed E-state index contributed by atoms with van der Waals surface area (Å²) in [4.78, 5) is 0. The molecule has 210 valence electrons. The minimum Gasteiger partial charge on any atom is -0.484 e. The Balaban J connectivity index is 1.25. The second-order valence-electron chi connectivity index (χ2n) is 12.5. The Bertz CT molecular complexity index is 2420. The number of hydrogen-bond acceptors (Lipinski definition) is 3. The van der Waals surface area contributed by atoms with Crippen molar-refractivity contribution in [3.05, 3.63) is 149 Å². The van der Waals surface area contributed by atoms with Gasteiger partial charge in [-0.3, -0.25) is 0 Å². The van der Waals surface area contributed by atoms with Gasteiger partial charge in [0.2, 0.25) is 0 Å². The summed E-state index contributed by atoms with van der Waals surface area (Å²) in [6, 6.07) is 39.9. The third-order valence-corrected chi connectivity index (χ3v) is 9.88. The molecular formula is C41H25N3O. The third-order valence-electron chi connectivity index (χ3n) is 9.88. The van der Waals surface area contributed by atoms with Crippen molar-refractivity contribution in [2.24, 2.45) is 0 Å². The van der Waals surface area contributed by atoms with Gasteiger partial charge in [0.1, 0.15) is 23.5 Å². The van der Waals surface area contributed by atoms with Crippen molar-refractivity contribution in [1.82, 2.24) is 4.57 Å². The molecule has 0 saturated carbocycles. The number of hydrogen-bond donors (Lipinski definition) is 0. The molecule has 9 rings (SSSR count). The summed E-state index contributed by atoms with van der Waals surface area (Å²) in [5.74, 6) is 0.966. The number of nitriles is 2. The molecule has 0 N–H and O–H groups in total. The van der Waals surface area contributed by atoms with E-state index in [9.17, 15) is 10.5 Å². The van der Waals surface area contributed by atoms with Gasteiger partial charge in [-0.15, -0.1) is 0 Å². The number of allylic oxidation sites excluding steroid dienone is 2. The van der Waals surface area contributed by atoms with Gasteiger partial charge >= 0.3 is 0 Å². The molecule has 0 saturated heterocycles. The van der Waals surface area contributed by atoms with Crippen LogP contribution < -0.4 is 4.74 Å². The van der Waals surface area contributed by atoms with Crippen LogP contribution >= 0.6 is 0 Å². The Morgan fingerprint density at radius 3 is 2.53 bits per heavy atom. The molecule has 2 aliphatic carbocycles. The van der Waals surface area contributed by atoms with Gasteiger partial charge in [0.15, 0.2) is 0 Å². The average molecular weight is 576 g/mol. The summed E-state index contributed by atoms with van der Waals surface area (Å²) in [5.41, 5.74) is 11.7. The maximum atomic E-state index is 10.3. The third kappa shape index (κ3) is 3.36. The molecule has 2 unspecified atom stereocenters. The van der Waals surface area contributed by atoms with Crippen LogP contribution in [0.1, 0.15) is 53.1 Å². The molecule has 45 heavy (non-hydrogen) atoms. The first-order valence-corrected chi connectivity index (χ1v) is 15.1. The lowest BCUT2D eigenvalue weighted by Gasteiger charge is -2.22. The summed E-state index contributed by atoms with van der Waals surface area (Å²) in [6.45, 7) is 4.57. The molecule has 0 spiro atoms. The highest BCUT2D eigenvalue weighted by Gasteiger charge is 2.43. The van der Waals surface area contributed by atoms with Crippen molar-refractivity contribution in [3.8, 4) is 34.7 Å². The highest BCUT2D eigenvalue weighted by Crippen LogP contribution is 2.57. The lowest BCUT2D eigenvalue weighted by atomic mass is 9.81. The SMILES string of the molecule is CC1(C)c2ccccc2-c2c1ccc1c2OC2C=CC(c3c(C#N)c#ccc3-n3c4ccccc4c4cc(C#N)ccc43)=CC12. The van der Waals surface area contributed by atoms with Crippen LogP contribution in [-0.2, 0) is 5.41 Å². The topological polar surface area (TPSA) is 61.7 Å². The minimum absolute atomic E-state index is 0.00101. The first-order chi connectivity index (χ1) is 22.0. The number of benzene rings is 4. The zero-order chi connectivity index (χ0) is 30.4. The van der Waals surface area contributed by atoms with E-state index in [-0.39, 0.29) is 17.4 Å². The molecule has 4 nitrogen and oxygen atoms in total. The largest absolute Gasteiger partial charge is 0.484 e. The van der Waals surface area contributed by atoms with E-state index >= 15 is 0 Å². The Hall–Kier alpha value is -6.02. The molecule has 6 aromatic rings. The monoisotopic (exact) mass is 575 g/mol. The highest BCUT2D eigenvalue weighted by molar-refractivity contribution is 6.10. The van der Waals surface area contributed by atoms with Crippen LogP contribution in [0.3, 0.4) is 0 Å². The maximum absolute atomic E-state index is 10.3. The number of para-hydroxylation sites is 1. The summed E-state index contributed by atoms with van der Waals surface area (Å²) < 4.78 is 8.92. The molecule has 5 aromatic carbocycles. The number of nitrogens with zero attached hydrogens (tertiary/aromatic N) is 3. The van der Waals surface area contributed by atoms with Crippen LogP contribution in [-0.4, -0.2) is 10.7 Å². The summed E-state index contributed by atoms with van der Waals surface area (Å²) in [5, 5.41) is 22.0. The van der Waals surface area contributed by atoms with Crippen LogP contribution in [0, 0.1) is 34.8 Å². The van der Waals surface area contributed by atoms with Gasteiger partial charge in [-0.25, -0.2) is 0 Å². The van der Waals surface area contributed by atoms with E-state index < -0.39 is 0 Å². The summed E-state index contributed by atoms with van der Waals surface area (Å²) in [7, 11) is 0. The molecule has 2 heterocycles. The van der Waals surface area contributed by atoms with Crippen LogP contribution in [0.25, 0.3) is 44.2 Å². The van der Waals surface area contributed by atoms with Crippen molar-refractivity contribution in [3.63, 3.8) is 0 Å². The first-order valence-electron chi connectivity index (χ1n) is 15.1. The minimum atomic E-state index is -0.128. The molecule has 0 fully saturated rings. The summed E-state index contributed by atoms with van der Waals surface area (Å²) in [6.07, 6.45) is 6.34. The molecule has 1 aliphatic heterocycles. The molecule has 3 aliphatic rings. The van der Waals surface area contributed by atoms with E-state index in [1.165, 1.54) is 27.8 Å². The van der Waals surface area contributed by atoms with Crippen molar-refractivity contribution < 1.29 is 4.74 Å². The van der Waals surface area contributed by atoms with Gasteiger partial charge in [0.05, 0.1) is 28.4 Å². The normalized spacial score (nSPS) is 18.2. The molecule has 4 heteroatoms. The van der Waals surface area contributed by atoms with E-state index in [2.05, 4.69) is 109 Å². The average Bonchev–Trinajstić information content (AvgIpc) is 3.69. The van der Waals surface area contributed by atoms with Crippen LogP contribution in [0.5, 0.6) is 5.75 Å².